The molecule has 0 fully saturated rings. The molecular weight excluding hydrogens is 329 g/mol. The second kappa shape index (κ2) is 7.79. The van der Waals surface area contributed by atoms with Crippen LogP contribution in [0.15, 0.2) is 36.4 Å². The summed E-state index contributed by atoms with van der Waals surface area (Å²) in [7, 11) is 0. The molecule has 112 valence electrons. The number of hydrogen-bond acceptors (Lipinski definition) is 2. The van der Waals surface area contributed by atoms with Crippen LogP contribution in [0.1, 0.15) is 18.9 Å². The fraction of sp³-hybridized carbons (Fsp3) is 0.250. The zero-order valence-electron chi connectivity index (χ0n) is 11.6. The zero-order valence-corrected chi connectivity index (χ0v) is 13.9. The molecule has 0 aliphatic rings. The number of halogens is 3. The molecule has 0 saturated carbocycles. The van der Waals surface area contributed by atoms with Gasteiger partial charge in [-0.15, -0.1) is 0 Å². The second-order valence-electron chi connectivity index (χ2n) is 4.62. The van der Waals surface area contributed by atoms with Crippen molar-refractivity contribution in [1.29, 1.82) is 0 Å². The van der Waals surface area contributed by atoms with Gasteiger partial charge in [-0.1, -0.05) is 41.7 Å². The van der Waals surface area contributed by atoms with E-state index in [1.54, 1.807) is 6.07 Å². The summed E-state index contributed by atoms with van der Waals surface area (Å²) in [6, 6.07) is 11.0. The van der Waals surface area contributed by atoms with Gasteiger partial charge in [0.15, 0.2) is 0 Å². The third-order valence-corrected chi connectivity index (χ3v) is 3.48. The van der Waals surface area contributed by atoms with Gasteiger partial charge in [-0.05, 0) is 48.4 Å². The average Bonchev–Trinajstić information content (AvgIpc) is 2.43. The summed E-state index contributed by atoms with van der Waals surface area (Å²) in [5, 5.41) is 5.20. The van der Waals surface area contributed by atoms with Gasteiger partial charge in [0.05, 0.1) is 12.3 Å². The van der Waals surface area contributed by atoms with Crippen LogP contribution in [-0.2, 0) is 6.54 Å². The number of benzene rings is 2. The lowest BCUT2D eigenvalue weighted by Gasteiger charge is -2.13. The van der Waals surface area contributed by atoms with Crippen LogP contribution in [0.25, 0.3) is 0 Å². The molecule has 0 aliphatic carbocycles. The van der Waals surface area contributed by atoms with E-state index < -0.39 is 0 Å². The molecule has 2 aromatic carbocycles. The Hall–Kier alpha value is -1.09. The van der Waals surface area contributed by atoms with Gasteiger partial charge in [0.1, 0.15) is 5.75 Å². The van der Waals surface area contributed by atoms with Crippen molar-refractivity contribution in [3.8, 4) is 5.75 Å². The maximum absolute atomic E-state index is 6.05. The average molecular weight is 345 g/mol. The topological polar surface area (TPSA) is 21.3 Å². The molecule has 0 heterocycles. The van der Waals surface area contributed by atoms with E-state index in [0.717, 1.165) is 23.4 Å². The third kappa shape index (κ3) is 4.99. The van der Waals surface area contributed by atoms with Crippen molar-refractivity contribution in [2.45, 2.75) is 19.9 Å². The van der Waals surface area contributed by atoms with Crippen molar-refractivity contribution in [3.05, 3.63) is 57.0 Å². The van der Waals surface area contributed by atoms with Crippen molar-refractivity contribution >= 4 is 40.5 Å². The SMILES string of the molecule is CCCOc1ccc(Cl)cc1NCc1cc(Cl)cc(Cl)c1. The molecule has 1 N–H and O–H groups in total. The largest absolute Gasteiger partial charge is 0.491 e. The summed E-state index contributed by atoms with van der Waals surface area (Å²) in [5.74, 6) is 0.786. The van der Waals surface area contributed by atoms with Crippen LogP contribution >= 0.6 is 34.8 Å². The highest BCUT2D eigenvalue weighted by Crippen LogP contribution is 2.29. The van der Waals surface area contributed by atoms with Crippen molar-refractivity contribution < 1.29 is 4.74 Å². The third-order valence-electron chi connectivity index (χ3n) is 2.81. The minimum Gasteiger partial charge on any atom is -0.491 e. The summed E-state index contributed by atoms with van der Waals surface area (Å²) in [4.78, 5) is 0. The number of nitrogens with one attached hydrogen (secondary N) is 1. The molecule has 0 atom stereocenters. The Morgan fingerprint density at radius 1 is 0.952 bits per heavy atom. The Labute approximate surface area is 140 Å². The maximum Gasteiger partial charge on any atom is 0.142 e. The van der Waals surface area contributed by atoms with Gasteiger partial charge in [-0.25, -0.2) is 0 Å². The van der Waals surface area contributed by atoms with Crippen LogP contribution in [0.3, 0.4) is 0 Å². The van der Waals surface area contributed by atoms with E-state index in [0.29, 0.717) is 28.2 Å². The lowest BCUT2D eigenvalue weighted by Crippen LogP contribution is -2.03. The van der Waals surface area contributed by atoms with Crippen LogP contribution in [0.4, 0.5) is 5.69 Å². The molecule has 2 rings (SSSR count). The summed E-state index contributed by atoms with van der Waals surface area (Å²) < 4.78 is 5.70. The molecule has 0 amide bonds. The number of hydrogen-bond donors (Lipinski definition) is 1. The van der Waals surface area contributed by atoms with Gasteiger partial charge in [-0.3, -0.25) is 0 Å². The van der Waals surface area contributed by atoms with Crippen LogP contribution in [0, 0.1) is 0 Å². The normalized spacial score (nSPS) is 10.5. The number of anilines is 1. The van der Waals surface area contributed by atoms with Crippen molar-refractivity contribution in [1.82, 2.24) is 0 Å². The van der Waals surface area contributed by atoms with E-state index >= 15 is 0 Å². The molecular formula is C16H16Cl3NO. The predicted molar refractivity (Wildman–Crippen MR) is 91.0 cm³/mol. The Morgan fingerprint density at radius 2 is 1.67 bits per heavy atom. The fourth-order valence-electron chi connectivity index (χ4n) is 1.89. The number of rotatable bonds is 6. The molecule has 0 radical (unpaired) electrons. The summed E-state index contributed by atoms with van der Waals surface area (Å²) in [5.41, 5.74) is 1.85. The molecule has 0 aliphatic heterocycles. The van der Waals surface area contributed by atoms with Crippen molar-refractivity contribution in [2.24, 2.45) is 0 Å². The van der Waals surface area contributed by atoms with E-state index in [4.69, 9.17) is 39.5 Å². The highest BCUT2D eigenvalue weighted by Gasteiger charge is 2.05. The van der Waals surface area contributed by atoms with Gasteiger partial charge in [0, 0.05) is 21.6 Å². The summed E-state index contributed by atoms with van der Waals surface area (Å²) in [6.07, 6.45) is 0.950. The van der Waals surface area contributed by atoms with Crippen LogP contribution in [0.5, 0.6) is 5.75 Å². The molecule has 0 spiro atoms. The lowest BCUT2D eigenvalue weighted by atomic mass is 10.2. The van der Waals surface area contributed by atoms with E-state index in [1.807, 2.05) is 30.3 Å². The zero-order chi connectivity index (χ0) is 15.2. The molecule has 0 unspecified atom stereocenters. The molecule has 5 heteroatoms. The van der Waals surface area contributed by atoms with Gasteiger partial charge < -0.3 is 10.1 Å². The Morgan fingerprint density at radius 3 is 2.33 bits per heavy atom. The minimum absolute atomic E-state index is 0.586. The van der Waals surface area contributed by atoms with Crippen LogP contribution in [-0.4, -0.2) is 6.61 Å². The molecule has 21 heavy (non-hydrogen) atoms. The van der Waals surface area contributed by atoms with Crippen molar-refractivity contribution in [2.75, 3.05) is 11.9 Å². The molecule has 2 aromatic rings. The molecule has 2 nitrogen and oxygen atoms in total. The maximum atomic E-state index is 6.05. The first-order valence-corrected chi connectivity index (χ1v) is 7.83. The van der Waals surface area contributed by atoms with Gasteiger partial charge in [0.2, 0.25) is 0 Å². The van der Waals surface area contributed by atoms with Gasteiger partial charge >= 0.3 is 0 Å². The second-order valence-corrected chi connectivity index (χ2v) is 5.93. The standard InChI is InChI=1S/C16H16Cl3NO/c1-2-5-21-16-4-3-12(17)9-15(16)20-10-11-6-13(18)8-14(19)7-11/h3-4,6-9,20H,2,5,10H2,1H3. The number of ether oxygens (including phenoxy) is 1. The highest BCUT2D eigenvalue weighted by molar-refractivity contribution is 6.34. The fourth-order valence-corrected chi connectivity index (χ4v) is 2.63. The highest BCUT2D eigenvalue weighted by atomic mass is 35.5. The van der Waals surface area contributed by atoms with Crippen LogP contribution in [0.2, 0.25) is 15.1 Å². The first-order valence-electron chi connectivity index (χ1n) is 6.69. The Bertz CT molecular complexity index is 596. The lowest BCUT2D eigenvalue weighted by molar-refractivity contribution is 0.319. The summed E-state index contributed by atoms with van der Waals surface area (Å²) in [6.45, 7) is 3.32. The smallest absolute Gasteiger partial charge is 0.142 e. The van der Waals surface area contributed by atoms with Gasteiger partial charge in [0.25, 0.3) is 0 Å². The monoisotopic (exact) mass is 343 g/mol. The van der Waals surface area contributed by atoms with E-state index in [2.05, 4.69) is 12.2 Å². The van der Waals surface area contributed by atoms with E-state index in [1.165, 1.54) is 0 Å². The van der Waals surface area contributed by atoms with Crippen molar-refractivity contribution in [3.63, 3.8) is 0 Å². The quantitative estimate of drug-likeness (QED) is 0.689. The van der Waals surface area contributed by atoms with E-state index in [-0.39, 0.29) is 0 Å². The predicted octanol–water partition coefficient (Wildman–Crippen LogP) is 6.05. The van der Waals surface area contributed by atoms with E-state index in [9.17, 15) is 0 Å². The minimum atomic E-state index is 0.586. The molecule has 0 bridgehead atoms. The molecule has 0 aromatic heterocycles. The summed E-state index contributed by atoms with van der Waals surface area (Å²) >= 11 is 18.0. The first-order chi connectivity index (χ1) is 10.1. The molecule has 0 saturated heterocycles. The first kappa shape index (κ1) is 16.3. The van der Waals surface area contributed by atoms with Gasteiger partial charge in [-0.2, -0.15) is 0 Å². The Kier molecular flexibility index (Phi) is 6.04. The Balaban J connectivity index is 2.12. The van der Waals surface area contributed by atoms with Crippen LogP contribution < -0.4 is 10.1 Å².